The summed E-state index contributed by atoms with van der Waals surface area (Å²) in [5.41, 5.74) is 2.07. The predicted molar refractivity (Wildman–Crippen MR) is 175 cm³/mol. The fourth-order valence-corrected chi connectivity index (χ4v) is 4.76. The van der Waals surface area contributed by atoms with Gasteiger partial charge in [-0.05, 0) is 91.7 Å². The minimum Gasteiger partial charge on any atom is -0.494 e. The summed E-state index contributed by atoms with van der Waals surface area (Å²) in [6, 6.07) is 23.6. The van der Waals surface area contributed by atoms with E-state index in [4.69, 9.17) is 13.9 Å². The molecule has 0 bridgehead atoms. The highest BCUT2D eigenvalue weighted by Crippen LogP contribution is 2.19. The van der Waals surface area contributed by atoms with E-state index in [-0.39, 0.29) is 37.1 Å². The lowest BCUT2D eigenvalue weighted by Gasteiger charge is -2.22. The van der Waals surface area contributed by atoms with Gasteiger partial charge in [-0.25, -0.2) is 4.79 Å². The van der Waals surface area contributed by atoms with Crippen LogP contribution in [0, 0.1) is 0 Å². The molecule has 0 fully saturated rings. The van der Waals surface area contributed by atoms with Crippen LogP contribution in [-0.2, 0) is 22.6 Å². The number of Topliss-reactive ketones (excluding diaryl/α,β-unsaturated/α-hetero) is 1. The van der Waals surface area contributed by atoms with Gasteiger partial charge >= 0.3 is 5.97 Å². The molecule has 1 heterocycles. The van der Waals surface area contributed by atoms with Crippen molar-refractivity contribution in [2.45, 2.75) is 58.9 Å². The molecule has 4 aromatic rings. The lowest BCUT2D eigenvalue weighted by molar-refractivity contribution is -0.118. The summed E-state index contributed by atoms with van der Waals surface area (Å²) in [4.78, 5) is 51.7. The molecular formula is C37H40N2O7. The van der Waals surface area contributed by atoms with Crippen molar-refractivity contribution in [1.82, 2.24) is 4.90 Å². The first-order chi connectivity index (χ1) is 22.3. The number of esters is 1. The normalized spacial score (nSPS) is 10.7. The lowest BCUT2D eigenvalue weighted by atomic mass is 10.1. The van der Waals surface area contributed by atoms with Crippen molar-refractivity contribution < 1.29 is 33.1 Å². The van der Waals surface area contributed by atoms with Gasteiger partial charge in [-0.3, -0.25) is 14.4 Å². The number of nitrogens with one attached hydrogen (secondary N) is 1. The molecule has 9 heteroatoms. The number of hydrogen-bond donors (Lipinski definition) is 1. The second-order valence-electron chi connectivity index (χ2n) is 11.1. The van der Waals surface area contributed by atoms with Crippen molar-refractivity contribution in [2.75, 3.05) is 18.5 Å². The Kier molecular flexibility index (Phi) is 12.7. The molecular weight excluding hydrogens is 584 g/mol. The van der Waals surface area contributed by atoms with E-state index < -0.39 is 5.97 Å². The van der Waals surface area contributed by atoms with Crippen LogP contribution in [0.3, 0.4) is 0 Å². The highest BCUT2D eigenvalue weighted by Gasteiger charge is 2.19. The van der Waals surface area contributed by atoms with E-state index in [0.29, 0.717) is 40.7 Å². The second kappa shape index (κ2) is 17.3. The van der Waals surface area contributed by atoms with Gasteiger partial charge in [-0.1, -0.05) is 44.7 Å². The quantitative estimate of drug-likeness (QED) is 0.0747. The van der Waals surface area contributed by atoms with Crippen LogP contribution >= 0.6 is 0 Å². The van der Waals surface area contributed by atoms with Gasteiger partial charge in [0.15, 0.2) is 0 Å². The number of ketones is 1. The Labute approximate surface area is 269 Å². The van der Waals surface area contributed by atoms with Crippen LogP contribution < -0.4 is 14.8 Å². The smallest absolute Gasteiger partial charge is 0.343 e. The average molecular weight is 625 g/mol. The van der Waals surface area contributed by atoms with Crippen molar-refractivity contribution in [2.24, 2.45) is 0 Å². The van der Waals surface area contributed by atoms with E-state index in [2.05, 4.69) is 12.2 Å². The van der Waals surface area contributed by atoms with Gasteiger partial charge < -0.3 is 24.1 Å². The monoisotopic (exact) mass is 624 g/mol. The molecule has 240 valence electrons. The summed E-state index contributed by atoms with van der Waals surface area (Å²) in [5.74, 6) is 0.391. The molecule has 46 heavy (non-hydrogen) atoms. The van der Waals surface area contributed by atoms with E-state index in [0.717, 1.165) is 18.4 Å². The van der Waals surface area contributed by atoms with Crippen molar-refractivity contribution in [1.29, 1.82) is 0 Å². The highest BCUT2D eigenvalue weighted by molar-refractivity contribution is 5.97. The third-order valence-corrected chi connectivity index (χ3v) is 7.15. The third-order valence-electron chi connectivity index (χ3n) is 7.15. The number of hydrogen-bond acceptors (Lipinski definition) is 7. The molecule has 0 spiro atoms. The minimum absolute atomic E-state index is 0.0736. The van der Waals surface area contributed by atoms with Gasteiger partial charge in [0, 0.05) is 17.8 Å². The molecule has 0 atom stereocenters. The Balaban J connectivity index is 1.29. The Morgan fingerprint density at radius 2 is 1.46 bits per heavy atom. The molecule has 1 N–H and O–H groups in total. The summed E-state index contributed by atoms with van der Waals surface area (Å²) < 4.78 is 16.5. The molecule has 1 aromatic heterocycles. The first-order valence-electron chi connectivity index (χ1n) is 15.6. The zero-order valence-electron chi connectivity index (χ0n) is 26.3. The van der Waals surface area contributed by atoms with Crippen LogP contribution in [0.1, 0.15) is 78.0 Å². The van der Waals surface area contributed by atoms with Gasteiger partial charge in [0.05, 0.1) is 31.4 Å². The SMILES string of the molecule is CCCCCCCOc1ccc(C(=O)Oc2ccc(CN(CC(C)=O)C(=O)c3ccc(NC(=O)Cc4ccco4)cc3)cc2)cc1. The Bertz CT molecular complexity index is 1560. The molecule has 0 saturated heterocycles. The standard InChI is InChI=1S/C37H40N2O7/c1-3-4-5-6-7-22-44-32-20-14-30(15-21-32)37(43)46-33-18-10-28(11-19-33)26-39(25-27(2)40)36(42)29-12-16-31(17-13-29)38-35(41)24-34-9-8-23-45-34/h8-21,23H,3-7,22,24-26H2,1-2H3,(H,38,41). The first kappa shape index (κ1) is 33.7. The molecule has 2 amide bonds. The average Bonchev–Trinajstić information content (AvgIpc) is 3.56. The van der Waals surface area contributed by atoms with E-state index in [9.17, 15) is 19.2 Å². The van der Waals surface area contributed by atoms with Crippen LogP contribution in [-0.4, -0.2) is 41.6 Å². The lowest BCUT2D eigenvalue weighted by Crippen LogP contribution is -2.34. The molecule has 3 aromatic carbocycles. The predicted octanol–water partition coefficient (Wildman–Crippen LogP) is 7.26. The fraction of sp³-hybridized carbons (Fsp3) is 0.297. The number of anilines is 1. The van der Waals surface area contributed by atoms with Crippen LogP contribution in [0.2, 0.25) is 0 Å². The minimum atomic E-state index is -0.493. The molecule has 0 aliphatic rings. The van der Waals surface area contributed by atoms with Crippen LogP contribution in [0.4, 0.5) is 5.69 Å². The maximum Gasteiger partial charge on any atom is 0.343 e. The summed E-state index contributed by atoms with van der Waals surface area (Å²) in [5, 5.41) is 2.77. The van der Waals surface area contributed by atoms with Crippen molar-refractivity contribution in [3.05, 3.63) is 114 Å². The van der Waals surface area contributed by atoms with Crippen molar-refractivity contribution >= 4 is 29.3 Å². The van der Waals surface area contributed by atoms with E-state index in [1.165, 1.54) is 37.3 Å². The Morgan fingerprint density at radius 1 is 0.783 bits per heavy atom. The number of benzene rings is 3. The number of rotatable bonds is 17. The number of carbonyl (C=O) groups excluding carboxylic acids is 4. The van der Waals surface area contributed by atoms with Gasteiger partial charge in [0.2, 0.25) is 5.91 Å². The topological polar surface area (TPSA) is 115 Å². The molecule has 9 nitrogen and oxygen atoms in total. The van der Waals surface area contributed by atoms with Crippen LogP contribution in [0.25, 0.3) is 0 Å². The summed E-state index contributed by atoms with van der Waals surface area (Å²) >= 11 is 0. The zero-order chi connectivity index (χ0) is 32.7. The first-order valence-corrected chi connectivity index (χ1v) is 15.6. The van der Waals surface area contributed by atoms with E-state index >= 15 is 0 Å². The maximum atomic E-state index is 13.3. The summed E-state index contributed by atoms with van der Waals surface area (Å²) in [6.07, 6.45) is 7.42. The number of furan rings is 1. The number of ether oxygens (including phenoxy) is 2. The summed E-state index contributed by atoms with van der Waals surface area (Å²) in [7, 11) is 0. The van der Waals surface area contributed by atoms with Crippen LogP contribution in [0.5, 0.6) is 11.5 Å². The Hall–Kier alpha value is -5.18. The second-order valence-corrected chi connectivity index (χ2v) is 11.1. The maximum absolute atomic E-state index is 13.3. The number of amides is 2. The van der Waals surface area contributed by atoms with Gasteiger partial charge in [0.1, 0.15) is 23.0 Å². The molecule has 0 aliphatic heterocycles. The molecule has 0 saturated carbocycles. The van der Waals surface area contributed by atoms with Crippen molar-refractivity contribution in [3.63, 3.8) is 0 Å². The molecule has 4 rings (SSSR count). The van der Waals surface area contributed by atoms with Gasteiger partial charge in [-0.2, -0.15) is 0 Å². The Morgan fingerprint density at radius 3 is 2.11 bits per heavy atom. The molecule has 0 unspecified atom stereocenters. The van der Waals surface area contributed by atoms with Gasteiger partial charge in [-0.15, -0.1) is 0 Å². The summed E-state index contributed by atoms with van der Waals surface area (Å²) in [6.45, 7) is 4.36. The molecule has 0 aliphatic carbocycles. The molecule has 0 radical (unpaired) electrons. The number of carbonyl (C=O) groups is 4. The van der Waals surface area contributed by atoms with Crippen LogP contribution in [0.15, 0.2) is 95.6 Å². The highest BCUT2D eigenvalue weighted by atomic mass is 16.5. The van der Waals surface area contributed by atoms with Crippen molar-refractivity contribution in [3.8, 4) is 11.5 Å². The largest absolute Gasteiger partial charge is 0.494 e. The third kappa shape index (κ3) is 10.8. The van der Waals surface area contributed by atoms with Gasteiger partial charge in [0.25, 0.3) is 5.91 Å². The zero-order valence-corrected chi connectivity index (χ0v) is 26.3. The van der Waals surface area contributed by atoms with E-state index in [1.807, 2.05) is 0 Å². The fourth-order valence-electron chi connectivity index (χ4n) is 4.76. The number of nitrogens with zero attached hydrogens (tertiary/aromatic N) is 1. The van der Waals surface area contributed by atoms with E-state index in [1.54, 1.807) is 84.9 Å². The number of unbranched alkanes of at least 4 members (excludes halogenated alkanes) is 4.